The van der Waals surface area contributed by atoms with E-state index in [-0.39, 0.29) is 30.3 Å². The Balaban J connectivity index is 0.00000312. The van der Waals surface area contributed by atoms with Gasteiger partial charge in [-0.1, -0.05) is 25.1 Å². The largest absolute Gasteiger partial charge is 0.493 e. The molecule has 0 spiro atoms. The monoisotopic (exact) mass is 368 g/mol. The van der Waals surface area contributed by atoms with Crippen molar-refractivity contribution in [3.8, 4) is 11.5 Å². The zero-order valence-corrected chi connectivity index (χ0v) is 16.1. The molecule has 140 valence electrons. The zero-order chi connectivity index (χ0) is 17.4. The number of piperidine rings is 1. The van der Waals surface area contributed by atoms with Crippen LogP contribution in [0.15, 0.2) is 24.3 Å². The minimum atomic E-state index is -0.102. The van der Waals surface area contributed by atoms with Crippen molar-refractivity contribution < 1.29 is 14.3 Å². The lowest BCUT2D eigenvalue weighted by molar-refractivity contribution is -0.123. The molecule has 2 rings (SSSR count). The Labute approximate surface area is 156 Å². The predicted molar refractivity (Wildman–Crippen MR) is 104 cm³/mol. The number of ether oxygens (including phenoxy) is 2. The molecule has 0 aliphatic carbocycles. The molecule has 1 fully saturated rings. The summed E-state index contributed by atoms with van der Waals surface area (Å²) in [5.41, 5.74) is 1.21. The number of amides is 1. The molecule has 1 aliphatic rings. The molecule has 0 aromatic heterocycles. The molecule has 25 heavy (non-hydrogen) atoms. The molecule has 1 amide bonds. The van der Waals surface area contributed by atoms with Crippen LogP contribution < -0.4 is 20.1 Å². The first-order valence-electron chi connectivity index (χ1n) is 8.47. The van der Waals surface area contributed by atoms with Crippen LogP contribution in [-0.2, 0) is 4.79 Å². The van der Waals surface area contributed by atoms with Crippen LogP contribution >= 0.6 is 12.4 Å². The number of carbonyl (C=O) groups excluding carboxylic acids is 1. The summed E-state index contributed by atoms with van der Waals surface area (Å²) in [7, 11) is 1.60. The zero-order valence-electron chi connectivity index (χ0n) is 15.3. The molecule has 0 unspecified atom stereocenters. The van der Waals surface area contributed by atoms with Gasteiger partial charge in [-0.15, -0.1) is 12.4 Å². The molecule has 0 radical (unpaired) electrons. The SMILES string of the molecule is C/C=C/c1ccc(OCC(=O)NCC2(C)CCNCC2)c(OC)c1.Cl. The summed E-state index contributed by atoms with van der Waals surface area (Å²) in [6.45, 7) is 6.89. The van der Waals surface area contributed by atoms with Crippen LogP contribution in [0.5, 0.6) is 11.5 Å². The predicted octanol–water partition coefficient (Wildman–Crippen LogP) is 3.03. The van der Waals surface area contributed by atoms with Gasteiger partial charge in [-0.05, 0) is 56.0 Å². The summed E-state index contributed by atoms with van der Waals surface area (Å²) in [6.07, 6.45) is 6.10. The summed E-state index contributed by atoms with van der Waals surface area (Å²) >= 11 is 0. The maximum Gasteiger partial charge on any atom is 0.257 e. The fourth-order valence-electron chi connectivity index (χ4n) is 2.81. The highest BCUT2D eigenvalue weighted by Crippen LogP contribution is 2.29. The van der Waals surface area contributed by atoms with Crippen LogP contribution in [-0.4, -0.2) is 39.3 Å². The van der Waals surface area contributed by atoms with E-state index in [1.807, 2.05) is 37.3 Å². The van der Waals surface area contributed by atoms with E-state index in [9.17, 15) is 4.79 Å². The fraction of sp³-hybridized carbons (Fsp3) is 0.526. The maximum atomic E-state index is 12.1. The summed E-state index contributed by atoms with van der Waals surface area (Å²) in [6, 6.07) is 5.66. The smallest absolute Gasteiger partial charge is 0.257 e. The van der Waals surface area contributed by atoms with Gasteiger partial charge in [0.25, 0.3) is 5.91 Å². The van der Waals surface area contributed by atoms with Gasteiger partial charge in [-0.2, -0.15) is 0 Å². The van der Waals surface area contributed by atoms with Crippen molar-refractivity contribution in [3.63, 3.8) is 0 Å². The van der Waals surface area contributed by atoms with Crippen molar-refractivity contribution in [2.45, 2.75) is 26.7 Å². The average Bonchev–Trinajstić information content (AvgIpc) is 2.59. The molecular formula is C19H29ClN2O3. The van der Waals surface area contributed by atoms with Gasteiger partial charge in [-0.3, -0.25) is 4.79 Å². The first-order valence-corrected chi connectivity index (χ1v) is 8.47. The number of benzene rings is 1. The second kappa shape index (κ2) is 10.3. The molecule has 1 aromatic carbocycles. The first kappa shape index (κ1) is 21.3. The molecule has 0 bridgehead atoms. The van der Waals surface area contributed by atoms with Crippen molar-refractivity contribution in [3.05, 3.63) is 29.8 Å². The highest BCUT2D eigenvalue weighted by molar-refractivity contribution is 5.85. The van der Waals surface area contributed by atoms with E-state index >= 15 is 0 Å². The Kier molecular flexibility index (Phi) is 8.79. The number of rotatable bonds is 7. The summed E-state index contributed by atoms with van der Waals surface area (Å²) < 4.78 is 11.0. The van der Waals surface area contributed by atoms with Crippen molar-refractivity contribution in [1.82, 2.24) is 10.6 Å². The molecule has 1 aliphatic heterocycles. The van der Waals surface area contributed by atoms with Crippen LogP contribution in [0.3, 0.4) is 0 Å². The minimum absolute atomic E-state index is 0. The van der Waals surface area contributed by atoms with Crippen molar-refractivity contribution in [2.75, 3.05) is 33.4 Å². The normalized spacial score (nSPS) is 16.1. The van der Waals surface area contributed by atoms with Gasteiger partial charge in [0.15, 0.2) is 18.1 Å². The second-order valence-electron chi connectivity index (χ2n) is 6.54. The summed E-state index contributed by atoms with van der Waals surface area (Å²) in [5.74, 6) is 1.10. The molecule has 5 nitrogen and oxygen atoms in total. The number of methoxy groups -OCH3 is 1. The third kappa shape index (κ3) is 6.59. The Hall–Kier alpha value is -1.72. The van der Waals surface area contributed by atoms with E-state index in [1.165, 1.54) is 0 Å². The minimum Gasteiger partial charge on any atom is -0.493 e. The number of halogens is 1. The Morgan fingerprint density at radius 3 is 2.68 bits per heavy atom. The number of allylic oxidation sites excluding steroid dienone is 1. The van der Waals surface area contributed by atoms with Gasteiger partial charge in [0.1, 0.15) is 0 Å². The quantitative estimate of drug-likeness (QED) is 0.776. The van der Waals surface area contributed by atoms with Gasteiger partial charge in [0, 0.05) is 6.54 Å². The van der Waals surface area contributed by atoms with Gasteiger partial charge < -0.3 is 20.1 Å². The Bertz CT molecular complexity index is 584. The molecule has 6 heteroatoms. The van der Waals surface area contributed by atoms with Crippen LogP contribution in [0.2, 0.25) is 0 Å². The van der Waals surface area contributed by atoms with Gasteiger partial charge in [0.2, 0.25) is 0 Å². The van der Waals surface area contributed by atoms with E-state index in [0.717, 1.165) is 31.5 Å². The van der Waals surface area contributed by atoms with Gasteiger partial charge >= 0.3 is 0 Å². The van der Waals surface area contributed by atoms with Gasteiger partial charge in [-0.25, -0.2) is 0 Å². The highest BCUT2D eigenvalue weighted by Gasteiger charge is 2.27. The average molecular weight is 369 g/mol. The lowest BCUT2D eigenvalue weighted by Crippen LogP contribution is -2.43. The molecule has 0 atom stereocenters. The Morgan fingerprint density at radius 1 is 1.32 bits per heavy atom. The third-order valence-corrected chi connectivity index (χ3v) is 4.43. The van der Waals surface area contributed by atoms with Crippen molar-refractivity contribution in [1.29, 1.82) is 0 Å². The number of hydrogen-bond donors (Lipinski definition) is 2. The fourth-order valence-corrected chi connectivity index (χ4v) is 2.81. The molecule has 2 N–H and O–H groups in total. The Morgan fingerprint density at radius 2 is 2.04 bits per heavy atom. The third-order valence-electron chi connectivity index (χ3n) is 4.43. The lowest BCUT2D eigenvalue weighted by atomic mass is 9.81. The van der Waals surface area contributed by atoms with Crippen LogP contribution in [0, 0.1) is 5.41 Å². The van der Waals surface area contributed by atoms with Crippen molar-refractivity contribution >= 4 is 24.4 Å². The maximum absolute atomic E-state index is 12.1. The molecule has 1 saturated heterocycles. The molecule has 1 aromatic rings. The highest BCUT2D eigenvalue weighted by atomic mass is 35.5. The first-order chi connectivity index (χ1) is 11.6. The van der Waals surface area contributed by atoms with E-state index in [4.69, 9.17) is 9.47 Å². The second-order valence-corrected chi connectivity index (χ2v) is 6.54. The van der Waals surface area contributed by atoms with Crippen LogP contribution in [0.1, 0.15) is 32.3 Å². The number of nitrogens with one attached hydrogen (secondary N) is 2. The van der Waals surface area contributed by atoms with Crippen LogP contribution in [0.25, 0.3) is 6.08 Å². The topological polar surface area (TPSA) is 59.6 Å². The van der Waals surface area contributed by atoms with Crippen molar-refractivity contribution in [2.24, 2.45) is 5.41 Å². The van der Waals surface area contributed by atoms with E-state index in [0.29, 0.717) is 18.0 Å². The van der Waals surface area contributed by atoms with Gasteiger partial charge in [0.05, 0.1) is 7.11 Å². The molecular weight excluding hydrogens is 340 g/mol. The number of hydrogen-bond acceptors (Lipinski definition) is 4. The standard InChI is InChI=1S/C19H28N2O3.ClH/c1-4-5-15-6-7-16(17(12-15)23-3)24-13-18(22)21-14-19(2)8-10-20-11-9-19;/h4-7,12,20H,8-11,13-14H2,1-3H3,(H,21,22);1H/b5-4+;. The van der Waals surface area contributed by atoms with E-state index in [2.05, 4.69) is 17.6 Å². The molecule has 0 saturated carbocycles. The lowest BCUT2D eigenvalue weighted by Gasteiger charge is -2.34. The van der Waals surface area contributed by atoms with E-state index < -0.39 is 0 Å². The van der Waals surface area contributed by atoms with Crippen LogP contribution in [0.4, 0.5) is 0 Å². The summed E-state index contributed by atoms with van der Waals surface area (Å²) in [5, 5.41) is 6.33. The van der Waals surface area contributed by atoms with E-state index in [1.54, 1.807) is 7.11 Å². The number of carbonyl (C=O) groups is 1. The summed E-state index contributed by atoms with van der Waals surface area (Å²) in [4.78, 5) is 12.1. The molecule has 1 heterocycles.